The molecule has 4 heterocycles. The fourth-order valence-corrected chi connectivity index (χ4v) is 3.28. The number of carbonyl (C=O) groups is 4. The van der Waals surface area contributed by atoms with Gasteiger partial charge in [-0.05, 0) is 48.5 Å². The van der Waals surface area contributed by atoms with Gasteiger partial charge in [0.2, 0.25) is 0 Å². The number of carbonyl (C=O) groups excluding carboxylic acids is 4. The molecule has 0 aromatic carbocycles. The van der Waals surface area contributed by atoms with Gasteiger partial charge in [0.25, 0.3) is 0 Å². The van der Waals surface area contributed by atoms with Gasteiger partial charge in [-0.1, -0.05) is 0 Å². The summed E-state index contributed by atoms with van der Waals surface area (Å²) in [6, 6.07) is 12.3. The quantitative estimate of drug-likeness (QED) is 0.126. The average molecular weight is 716 g/mol. The second-order valence-corrected chi connectivity index (χ2v) is 10.5. The van der Waals surface area contributed by atoms with Crippen molar-refractivity contribution in [1.29, 1.82) is 0 Å². The van der Waals surface area contributed by atoms with Crippen LogP contribution in [0.4, 0.5) is 0 Å². The Bertz CT molecular complexity index is 1350. The van der Waals surface area contributed by atoms with Crippen molar-refractivity contribution < 1.29 is 53.6 Å². The third-order valence-electron chi connectivity index (χ3n) is 5.29. The molecule has 0 aliphatic carbocycles. The Labute approximate surface area is 262 Å². The van der Waals surface area contributed by atoms with Crippen LogP contribution in [0.1, 0.15) is 41.4 Å². The monoisotopic (exact) mass is 716 g/mol. The zero-order chi connectivity index (χ0) is 31.8. The van der Waals surface area contributed by atoms with Gasteiger partial charge in [0.05, 0.1) is 60.8 Å². The molecule has 15 heteroatoms. The first-order chi connectivity index (χ1) is 20.7. The van der Waals surface area contributed by atoms with Crippen LogP contribution in [0.5, 0.6) is 0 Å². The van der Waals surface area contributed by atoms with E-state index in [0.717, 1.165) is 0 Å². The molecule has 226 valence electrons. The molecule has 4 aromatic rings. The summed E-state index contributed by atoms with van der Waals surface area (Å²) >= 11 is -0.346. The number of pyridine rings is 4. The van der Waals surface area contributed by atoms with Gasteiger partial charge in [-0.25, -0.2) is 14.4 Å². The van der Waals surface area contributed by atoms with Crippen LogP contribution in [0.2, 0.25) is 0 Å². The standard InChI is InChI=1S/2C14H12N2O4.2ClH.Ru/c1-19-13(17)9-3-5-15-11(7-9)12-8-10(4-6-16-12)14(18)20-2;1-20-14(19)10-3-5-16-12(7-10)11-6-9(2-4-15-11)13(18)8-17;;;/h3-8H,1-2H3;2-7,17H,8H2,1H3;2*1H;/q;;;;+2/p-2. The second kappa shape index (κ2) is 18.4. The molecule has 0 saturated carbocycles. The van der Waals surface area contributed by atoms with Gasteiger partial charge in [0, 0.05) is 30.4 Å². The molecule has 0 spiro atoms. The number of methoxy groups -OCH3 is 3. The van der Waals surface area contributed by atoms with E-state index in [1.807, 2.05) is 0 Å². The summed E-state index contributed by atoms with van der Waals surface area (Å²) in [4.78, 5) is 62.3. The predicted molar refractivity (Wildman–Crippen MR) is 152 cm³/mol. The summed E-state index contributed by atoms with van der Waals surface area (Å²) in [6.07, 6.45) is 5.87. The number of Topliss-reactive ketones (excluding diaryl/α,β-unsaturated/α-hetero) is 1. The molecule has 0 aliphatic heterocycles. The number of rotatable bonds is 7. The third-order valence-corrected chi connectivity index (χ3v) is 5.29. The van der Waals surface area contributed by atoms with Crippen molar-refractivity contribution in [2.75, 3.05) is 27.9 Å². The van der Waals surface area contributed by atoms with Crippen LogP contribution >= 0.6 is 19.4 Å². The number of halogens is 2. The fraction of sp³-hybridized carbons (Fsp3) is 0.143. The zero-order valence-corrected chi connectivity index (χ0v) is 26.1. The molecule has 43 heavy (non-hydrogen) atoms. The van der Waals surface area contributed by atoms with E-state index in [-0.39, 0.29) is 15.1 Å². The molecule has 0 amide bonds. The number of aliphatic hydroxyl groups is 1. The van der Waals surface area contributed by atoms with Crippen LogP contribution in [0.3, 0.4) is 0 Å². The van der Waals surface area contributed by atoms with E-state index in [9.17, 15) is 19.2 Å². The summed E-state index contributed by atoms with van der Waals surface area (Å²) in [5, 5.41) is 8.85. The molecular formula is C28H24Cl2N4O8Ru. The summed E-state index contributed by atoms with van der Waals surface area (Å²) in [5.74, 6) is -1.80. The number of aliphatic hydroxyl groups excluding tert-OH is 1. The fourth-order valence-electron chi connectivity index (χ4n) is 3.28. The summed E-state index contributed by atoms with van der Waals surface area (Å²) in [7, 11) is 13.6. The number of ketones is 1. The van der Waals surface area contributed by atoms with Crippen LogP contribution in [-0.2, 0) is 29.4 Å². The molecular weight excluding hydrogens is 692 g/mol. The number of hydrogen-bond donors (Lipinski definition) is 1. The van der Waals surface area contributed by atoms with Crippen molar-refractivity contribution in [3.63, 3.8) is 0 Å². The van der Waals surface area contributed by atoms with E-state index >= 15 is 0 Å². The van der Waals surface area contributed by atoms with Crippen molar-refractivity contribution in [1.82, 2.24) is 19.9 Å². The van der Waals surface area contributed by atoms with Gasteiger partial charge in [-0.3, -0.25) is 24.7 Å². The Morgan fingerprint density at radius 2 is 0.860 bits per heavy atom. The zero-order valence-electron chi connectivity index (χ0n) is 22.8. The molecule has 4 rings (SSSR count). The first-order valence-electron chi connectivity index (χ1n) is 11.8. The molecule has 0 saturated heterocycles. The van der Waals surface area contributed by atoms with Gasteiger partial charge < -0.3 is 19.3 Å². The number of nitrogens with zero attached hydrogens (tertiary/aromatic N) is 4. The minimum atomic E-state index is -0.570. The van der Waals surface area contributed by atoms with Crippen LogP contribution in [-0.4, -0.2) is 76.7 Å². The first kappa shape index (κ1) is 35.0. The molecule has 0 radical (unpaired) electrons. The van der Waals surface area contributed by atoms with Crippen LogP contribution in [0, 0.1) is 0 Å². The van der Waals surface area contributed by atoms with E-state index in [0.29, 0.717) is 45.0 Å². The van der Waals surface area contributed by atoms with Gasteiger partial charge in [-0.15, -0.1) is 0 Å². The molecule has 0 bridgehead atoms. The number of esters is 3. The SMILES string of the molecule is COC(=O)c1ccnc(-c2cc(C(=O)CO)ccn2)c1.COC(=O)c1ccnc(-c2cc(C(=O)OC)ccn2)c1.[Cl][Ru][Cl]. The Morgan fingerprint density at radius 1 is 0.605 bits per heavy atom. The van der Waals surface area contributed by atoms with Crippen molar-refractivity contribution in [2.45, 2.75) is 0 Å². The Morgan fingerprint density at radius 3 is 1.12 bits per heavy atom. The van der Waals surface area contributed by atoms with Crippen molar-refractivity contribution in [3.8, 4) is 22.8 Å². The van der Waals surface area contributed by atoms with E-state index < -0.39 is 30.3 Å². The van der Waals surface area contributed by atoms with Gasteiger partial charge in [0.15, 0.2) is 5.78 Å². The number of ether oxygens (including phenoxy) is 3. The normalized spacial score (nSPS) is 9.81. The maximum absolute atomic E-state index is 11.5. The van der Waals surface area contributed by atoms with Crippen molar-refractivity contribution in [3.05, 3.63) is 95.6 Å². The van der Waals surface area contributed by atoms with Crippen LogP contribution < -0.4 is 0 Å². The number of aromatic nitrogens is 4. The number of hydrogen-bond acceptors (Lipinski definition) is 12. The maximum atomic E-state index is 11.5. The average Bonchev–Trinajstić information content (AvgIpc) is 3.07. The summed E-state index contributed by atoms with van der Waals surface area (Å²) < 4.78 is 13.9. The first-order valence-corrected chi connectivity index (χ1v) is 16.3. The Kier molecular flexibility index (Phi) is 15.0. The molecule has 1 N–H and O–H groups in total. The molecule has 0 unspecified atom stereocenters. The Hall–Kier alpha value is -4.16. The topological polar surface area (TPSA) is 168 Å². The summed E-state index contributed by atoms with van der Waals surface area (Å²) in [6.45, 7) is -0.570. The Balaban J connectivity index is 0.000000275. The van der Waals surface area contributed by atoms with Gasteiger partial charge >= 0.3 is 52.4 Å². The van der Waals surface area contributed by atoms with Crippen molar-refractivity contribution >= 4 is 43.1 Å². The predicted octanol–water partition coefficient (Wildman–Crippen LogP) is 4.20. The minimum absolute atomic E-state index is 0.336. The van der Waals surface area contributed by atoms with Crippen LogP contribution in [0.15, 0.2) is 73.3 Å². The van der Waals surface area contributed by atoms with E-state index in [4.69, 9.17) is 24.5 Å². The molecule has 0 atom stereocenters. The third kappa shape index (κ3) is 10.6. The molecule has 12 nitrogen and oxygen atoms in total. The molecule has 0 fully saturated rings. The second-order valence-electron chi connectivity index (χ2n) is 7.83. The van der Waals surface area contributed by atoms with Crippen LogP contribution in [0.25, 0.3) is 22.8 Å². The molecule has 0 aliphatic rings. The summed E-state index contributed by atoms with van der Waals surface area (Å²) in [5.41, 5.74) is 3.24. The molecule has 4 aromatic heterocycles. The van der Waals surface area contributed by atoms with E-state index in [1.165, 1.54) is 70.4 Å². The van der Waals surface area contributed by atoms with E-state index in [1.54, 1.807) is 24.3 Å². The van der Waals surface area contributed by atoms with Gasteiger partial charge in [0.1, 0.15) is 6.61 Å². The van der Waals surface area contributed by atoms with Gasteiger partial charge in [-0.2, -0.15) is 0 Å². The van der Waals surface area contributed by atoms with E-state index in [2.05, 4.69) is 34.1 Å². The van der Waals surface area contributed by atoms with Crippen molar-refractivity contribution in [2.24, 2.45) is 0 Å².